The molecule has 82 valence electrons. The molecule has 0 saturated carbocycles. The Morgan fingerprint density at radius 2 is 2.33 bits per heavy atom. The number of benzene rings is 1. The molecule has 0 heterocycles. The minimum absolute atomic E-state index is 0.0163. The van der Waals surface area contributed by atoms with Gasteiger partial charge in [-0.2, -0.15) is 0 Å². The van der Waals surface area contributed by atoms with Crippen LogP contribution >= 0.6 is 11.6 Å². The van der Waals surface area contributed by atoms with Gasteiger partial charge in [0.2, 0.25) is 5.91 Å². The summed E-state index contributed by atoms with van der Waals surface area (Å²) in [4.78, 5) is 11.3. The summed E-state index contributed by atoms with van der Waals surface area (Å²) in [5.41, 5.74) is 6.64. The predicted molar refractivity (Wildman–Crippen MR) is 61.0 cm³/mol. The highest BCUT2D eigenvalue weighted by molar-refractivity contribution is 6.31. The van der Waals surface area contributed by atoms with E-state index in [4.69, 9.17) is 22.1 Å². The molecule has 0 saturated heterocycles. The third-order valence-corrected chi connectivity index (χ3v) is 1.96. The van der Waals surface area contributed by atoms with Crippen molar-refractivity contribution in [3.63, 3.8) is 0 Å². The summed E-state index contributed by atoms with van der Waals surface area (Å²) in [5.74, 6) is -0.245. The SMILES string of the molecule is CCOCC(=O)Nc1cc(Cl)ccc1N. The number of hydrogen-bond acceptors (Lipinski definition) is 3. The van der Waals surface area contributed by atoms with Gasteiger partial charge < -0.3 is 15.8 Å². The van der Waals surface area contributed by atoms with Crippen LogP contribution in [0.2, 0.25) is 5.02 Å². The second-order valence-electron chi connectivity index (χ2n) is 2.92. The summed E-state index contributed by atoms with van der Waals surface area (Å²) >= 11 is 5.77. The minimum atomic E-state index is -0.245. The van der Waals surface area contributed by atoms with Crippen LogP contribution in [-0.2, 0) is 9.53 Å². The fourth-order valence-electron chi connectivity index (χ4n) is 1.02. The van der Waals surface area contributed by atoms with Crippen LogP contribution in [0.3, 0.4) is 0 Å². The molecule has 3 N–H and O–H groups in total. The molecule has 0 aromatic heterocycles. The largest absolute Gasteiger partial charge is 0.397 e. The molecule has 1 amide bonds. The molecule has 5 heteroatoms. The third-order valence-electron chi connectivity index (χ3n) is 1.73. The number of amides is 1. The summed E-state index contributed by atoms with van der Waals surface area (Å²) in [6, 6.07) is 4.90. The Balaban J connectivity index is 2.63. The lowest BCUT2D eigenvalue weighted by atomic mass is 10.2. The number of carbonyl (C=O) groups excluding carboxylic acids is 1. The normalized spacial score (nSPS) is 10.0. The van der Waals surface area contributed by atoms with Crippen LogP contribution in [0.25, 0.3) is 0 Å². The van der Waals surface area contributed by atoms with Gasteiger partial charge in [-0.15, -0.1) is 0 Å². The van der Waals surface area contributed by atoms with Crippen LogP contribution in [0, 0.1) is 0 Å². The van der Waals surface area contributed by atoms with Crippen molar-refractivity contribution >= 4 is 28.9 Å². The van der Waals surface area contributed by atoms with E-state index in [0.717, 1.165) is 0 Å². The van der Waals surface area contributed by atoms with Crippen LogP contribution < -0.4 is 11.1 Å². The fourth-order valence-corrected chi connectivity index (χ4v) is 1.19. The quantitative estimate of drug-likeness (QED) is 0.774. The van der Waals surface area contributed by atoms with Gasteiger partial charge in [-0.25, -0.2) is 0 Å². The number of anilines is 2. The van der Waals surface area contributed by atoms with Crippen molar-refractivity contribution in [1.82, 2.24) is 0 Å². The van der Waals surface area contributed by atoms with Crippen LogP contribution in [0.4, 0.5) is 11.4 Å². The van der Waals surface area contributed by atoms with E-state index in [2.05, 4.69) is 5.32 Å². The lowest BCUT2D eigenvalue weighted by Crippen LogP contribution is -2.18. The maximum atomic E-state index is 11.3. The van der Waals surface area contributed by atoms with Gasteiger partial charge in [0, 0.05) is 11.6 Å². The summed E-state index contributed by atoms with van der Waals surface area (Å²) in [6.45, 7) is 2.34. The Morgan fingerprint density at radius 3 is 3.00 bits per heavy atom. The molecule has 0 fully saturated rings. The zero-order chi connectivity index (χ0) is 11.3. The maximum Gasteiger partial charge on any atom is 0.250 e. The third kappa shape index (κ3) is 3.77. The van der Waals surface area contributed by atoms with Gasteiger partial charge in [0.25, 0.3) is 0 Å². The molecule has 4 nitrogen and oxygen atoms in total. The topological polar surface area (TPSA) is 64.3 Å². The summed E-state index contributed by atoms with van der Waals surface area (Å²) in [6.07, 6.45) is 0. The summed E-state index contributed by atoms with van der Waals surface area (Å²) in [7, 11) is 0. The minimum Gasteiger partial charge on any atom is -0.397 e. The van der Waals surface area contributed by atoms with Gasteiger partial charge in [-0.1, -0.05) is 11.6 Å². The van der Waals surface area contributed by atoms with E-state index in [1.807, 2.05) is 6.92 Å². The molecule has 1 aromatic carbocycles. The average molecular weight is 229 g/mol. The molecule has 1 rings (SSSR count). The molecular weight excluding hydrogens is 216 g/mol. The van der Waals surface area contributed by atoms with Crippen molar-refractivity contribution in [2.45, 2.75) is 6.92 Å². The monoisotopic (exact) mass is 228 g/mol. The zero-order valence-corrected chi connectivity index (χ0v) is 9.17. The lowest BCUT2D eigenvalue weighted by Gasteiger charge is -2.08. The van der Waals surface area contributed by atoms with Crippen LogP contribution in [0.5, 0.6) is 0 Å². The molecule has 0 unspecified atom stereocenters. The lowest BCUT2D eigenvalue weighted by molar-refractivity contribution is -0.120. The van der Waals surface area contributed by atoms with Gasteiger partial charge in [0.05, 0.1) is 11.4 Å². The highest BCUT2D eigenvalue weighted by atomic mass is 35.5. The number of rotatable bonds is 4. The Labute approximate surface area is 93.4 Å². The van der Waals surface area contributed by atoms with Gasteiger partial charge in [0.1, 0.15) is 6.61 Å². The van der Waals surface area contributed by atoms with E-state index in [1.165, 1.54) is 0 Å². The van der Waals surface area contributed by atoms with Gasteiger partial charge in [-0.05, 0) is 25.1 Å². The molecule has 0 bridgehead atoms. The first kappa shape index (κ1) is 11.8. The van der Waals surface area contributed by atoms with E-state index in [0.29, 0.717) is 23.0 Å². The molecule has 1 aromatic rings. The first-order valence-electron chi connectivity index (χ1n) is 4.56. The molecule has 0 radical (unpaired) electrons. The highest BCUT2D eigenvalue weighted by Gasteiger charge is 2.05. The molecular formula is C10H13ClN2O2. The van der Waals surface area contributed by atoms with Crippen molar-refractivity contribution in [1.29, 1.82) is 0 Å². The molecule has 15 heavy (non-hydrogen) atoms. The Kier molecular flexibility index (Phi) is 4.39. The van der Waals surface area contributed by atoms with E-state index in [1.54, 1.807) is 18.2 Å². The average Bonchev–Trinajstić information content (AvgIpc) is 2.20. The number of nitrogens with two attached hydrogens (primary N) is 1. The number of carbonyl (C=O) groups is 1. The van der Waals surface area contributed by atoms with Gasteiger partial charge in [0.15, 0.2) is 0 Å². The number of hydrogen-bond donors (Lipinski definition) is 2. The standard InChI is InChI=1S/C10H13ClN2O2/c1-2-15-6-10(14)13-9-5-7(11)3-4-8(9)12/h3-5H,2,6,12H2,1H3,(H,13,14). The smallest absolute Gasteiger partial charge is 0.250 e. The second kappa shape index (κ2) is 5.58. The van der Waals surface area contributed by atoms with E-state index >= 15 is 0 Å². The van der Waals surface area contributed by atoms with Crippen LogP contribution in [0.1, 0.15) is 6.92 Å². The van der Waals surface area contributed by atoms with Crippen LogP contribution in [-0.4, -0.2) is 19.1 Å². The van der Waals surface area contributed by atoms with Crippen molar-refractivity contribution in [2.24, 2.45) is 0 Å². The maximum absolute atomic E-state index is 11.3. The molecule has 0 atom stereocenters. The number of ether oxygens (including phenoxy) is 1. The van der Waals surface area contributed by atoms with Crippen molar-refractivity contribution in [3.05, 3.63) is 23.2 Å². The van der Waals surface area contributed by atoms with Crippen molar-refractivity contribution < 1.29 is 9.53 Å². The van der Waals surface area contributed by atoms with Crippen LogP contribution in [0.15, 0.2) is 18.2 Å². The zero-order valence-electron chi connectivity index (χ0n) is 8.42. The van der Waals surface area contributed by atoms with E-state index < -0.39 is 0 Å². The molecule has 0 aliphatic rings. The highest BCUT2D eigenvalue weighted by Crippen LogP contribution is 2.22. The Bertz CT molecular complexity index is 355. The molecule has 0 aliphatic heterocycles. The summed E-state index contributed by atoms with van der Waals surface area (Å²) < 4.78 is 4.95. The number of nitrogen functional groups attached to an aromatic ring is 1. The Hall–Kier alpha value is -1.26. The van der Waals surface area contributed by atoms with Gasteiger partial charge in [-0.3, -0.25) is 4.79 Å². The van der Waals surface area contributed by atoms with E-state index in [-0.39, 0.29) is 12.5 Å². The Morgan fingerprint density at radius 1 is 1.60 bits per heavy atom. The van der Waals surface area contributed by atoms with Crippen molar-refractivity contribution in [2.75, 3.05) is 24.3 Å². The molecule has 0 spiro atoms. The number of halogens is 1. The predicted octanol–water partition coefficient (Wildman–Crippen LogP) is 1.90. The molecule has 0 aliphatic carbocycles. The van der Waals surface area contributed by atoms with Gasteiger partial charge >= 0.3 is 0 Å². The van der Waals surface area contributed by atoms with Crippen molar-refractivity contribution in [3.8, 4) is 0 Å². The fraction of sp³-hybridized carbons (Fsp3) is 0.300. The first-order valence-corrected chi connectivity index (χ1v) is 4.94. The summed E-state index contributed by atoms with van der Waals surface area (Å²) in [5, 5.41) is 3.14. The number of nitrogens with one attached hydrogen (secondary N) is 1. The second-order valence-corrected chi connectivity index (χ2v) is 3.35. The van der Waals surface area contributed by atoms with E-state index in [9.17, 15) is 4.79 Å². The first-order chi connectivity index (χ1) is 7.13.